The first-order valence-electron chi connectivity index (χ1n) is 2.96. The standard InChI is InChI=1S/C6H9N4.U/c1-5-7-4-8-6(9-5)10(2)3;/h1-3H3;/q-1;. The summed E-state index contributed by atoms with van der Waals surface area (Å²) in [5.74, 6) is 1.34. The Kier molecular flexibility index (Phi) is 4.62. The molecule has 0 bridgehead atoms. The van der Waals surface area contributed by atoms with E-state index in [9.17, 15) is 0 Å². The summed E-state index contributed by atoms with van der Waals surface area (Å²) < 4.78 is 0. The number of hydrogen-bond donors (Lipinski definition) is 0. The van der Waals surface area contributed by atoms with Crippen LogP contribution in [0, 0.1) is 44.4 Å². The maximum absolute atomic E-state index is 4.05. The van der Waals surface area contributed by atoms with E-state index in [1.807, 2.05) is 25.9 Å². The fraction of sp³-hybridized carbons (Fsp3) is 0.500. The first kappa shape index (κ1) is 10.9. The predicted molar refractivity (Wildman–Crippen MR) is 37.7 cm³/mol. The van der Waals surface area contributed by atoms with Gasteiger partial charge in [-0.25, -0.2) is 0 Å². The molecule has 0 saturated heterocycles. The molecule has 0 aliphatic heterocycles. The van der Waals surface area contributed by atoms with Crippen LogP contribution >= 0.6 is 0 Å². The molecular formula is C6H9N4U-. The number of aryl methyl sites for hydroxylation is 1. The van der Waals surface area contributed by atoms with Gasteiger partial charge in [0.2, 0.25) is 0 Å². The molecule has 0 radical (unpaired) electrons. The zero-order valence-electron chi connectivity index (χ0n) is 6.79. The van der Waals surface area contributed by atoms with Crippen LogP contribution in [-0.4, -0.2) is 29.0 Å². The van der Waals surface area contributed by atoms with E-state index in [4.69, 9.17) is 0 Å². The smallest absolute Gasteiger partial charge is 0.111 e. The maximum Gasteiger partial charge on any atom is 0.111 e. The zero-order chi connectivity index (χ0) is 7.56. The average Bonchev–Trinajstić information content (AvgIpc) is 1.88. The topological polar surface area (TPSA) is 41.9 Å². The van der Waals surface area contributed by atoms with E-state index in [0.29, 0.717) is 11.8 Å². The molecule has 4 nitrogen and oxygen atoms in total. The Hall–Kier alpha value is -0.138. The molecule has 58 valence electrons. The molecule has 0 N–H and O–H groups in total. The van der Waals surface area contributed by atoms with E-state index in [0.717, 1.165) is 0 Å². The van der Waals surface area contributed by atoms with Gasteiger partial charge < -0.3 is 19.9 Å². The normalized spacial score (nSPS) is 8.64. The number of hydrogen-bond acceptors (Lipinski definition) is 4. The van der Waals surface area contributed by atoms with Gasteiger partial charge >= 0.3 is 0 Å². The first-order chi connectivity index (χ1) is 4.70. The van der Waals surface area contributed by atoms with Crippen molar-refractivity contribution in [3.63, 3.8) is 0 Å². The molecule has 1 rings (SSSR count). The van der Waals surface area contributed by atoms with Crippen LogP contribution in [-0.2, 0) is 0 Å². The molecular weight excluding hydrogens is 366 g/mol. The van der Waals surface area contributed by atoms with Crippen LogP contribution in [0.3, 0.4) is 0 Å². The minimum atomic E-state index is 0. The summed E-state index contributed by atoms with van der Waals surface area (Å²) in [5, 5.41) is 0. The van der Waals surface area contributed by atoms with E-state index < -0.39 is 0 Å². The van der Waals surface area contributed by atoms with Crippen LogP contribution in [0.15, 0.2) is 0 Å². The zero-order valence-corrected chi connectivity index (χ0v) is 11.0. The maximum atomic E-state index is 4.05. The van der Waals surface area contributed by atoms with Gasteiger partial charge in [0.1, 0.15) is 5.95 Å². The molecule has 5 heteroatoms. The van der Waals surface area contributed by atoms with Gasteiger partial charge in [0.25, 0.3) is 0 Å². The quantitative estimate of drug-likeness (QED) is 0.651. The fourth-order valence-corrected chi connectivity index (χ4v) is 0.537. The Bertz CT molecular complexity index is 226. The second-order valence-electron chi connectivity index (χ2n) is 2.18. The Labute approximate surface area is 89.8 Å². The van der Waals surface area contributed by atoms with Crippen molar-refractivity contribution in [1.29, 1.82) is 0 Å². The van der Waals surface area contributed by atoms with Gasteiger partial charge in [0, 0.05) is 43.3 Å². The minimum absolute atomic E-state index is 0. The van der Waals surface area contributed by atoms with Gasteiger partial charge in [-0.15, -0.1) is 0 Å². The van der Waals surface area contributed by atoms with Gasteiger partial charge in [0.15, 0.2) is 0 Å². The summed E-state index contributed by atoms with van der Waals surface area (Å²) in [6, 6.07) is 0. The van der Waals surface area contributed by atoms with Crippen molar-refractivity contribution < 1.29 is 31.1 Å². The summed E-state index contributed by atoms with van der Waals surface area (Å²) in [6.45, 7) is 1.81. The van der Waals surface area contributed by atoms with Gasteiger partial charge in [-0.2, -0.15) is 0 Å². The SMILES string of the molecule is Cc1n[c-]nc(N(C)C)n1.[U]. The second kappa shape index (κ2) is 4.68. The summed E-state index contributed by atoms with van der Waals surface area (Å²) >= 11 is 0. The third-order valence-corrected chi connectivity index (χ3v) is 1.02. The Balaban J connectivity index is 0.000001000. The van der Waals surface area contributed by atoms with E-state index in [-0.39, 0.29) is 31.1 Å². The van der Waals surface area contributed by atoms with Crippen LogP contribution in [0.25, 0.3) is 0 Å². The third kappa shape index (κ3) is 3.17. The van der Waals surface area contributed by atoms with Crippen molar-refractivity contribution in [1.82, 2.24) is 15.0 Å². The van der Waals surface area contributed by atoms with Crippen molar-refractivity contribution >= 4 is 5.95 Å². The van der Waals surface area contributed by atoms with Crippen LogP contribution < -0.4 is 4.90 Å². The molecule has 0 spiro atoms. The number of aromatic nitrogens is 3. The minimum Gasteiger partial charge on any atom is -0.399 e. The average molecular weight is 375 g/mol. The van der Waals surface area contributed by atoms with Crippen LogP contribution in [0.4, 0.5) is 5.95 Å². The number of anilines is 1. The number of rotatable bonds is 1. The third-order valence-electron chi connectivity index (χ3n) is 1.02. The van der Waals surface area contributed by atoms with Crippen molar-refractivity contribution in [2.75, 3.05) is 19.0 Å². The monoisotopic (exact) mass is 375 g/mol. The predicted octanol–water partition coefficient (Wildman–Crippen LogP) is 0.0462. The van der Waals surface area contributed by atoms with Gasteiger partial charge in [0.05, 0.1) is 0 Å². The van der Waals surface area contributed by atoms with E-state index in [1.165, 1.54) is 0 Å². The molecule has 1 heterocycles. The van der Waals surface area contributed by atoms with Gasteiger partial charge in [-0.1, -0.05) is 6.92 Å². The van der Waals surface area contributed by atoms with Crippen molar-refractivity contribution in [2.24, 2.45) is 0 Å². The van der Waals surface area contributed by atoms with E-state index in [1.54, 1.807) is 0 Å². The molecule has 0 atom stereocenters. The molecule has 1 aromatic heterocycles. The van der Waals surface area contributed by atoms with E-state index in [2.05, 4.69) is 21.3 Å². The van der Waals surface area contributed by atoms with Gasteiger partial charge in [-0.3, -0.25) is 0 Å². The van der Waals surface area contributed by atoms with E-state index >= 15 is 0 Å². The second-order valence-corrected chi connectivity index (χ2v) is 2.18. The van der Waals surface area contributed by atoms with Crippen molar-refractivity contribution in [2.45, 2.75) is 6.92 Å². The summed E-state index contributed by atoms with van der Waals surface area (Å²) in [7, 11) is 3.76. The van der Waals surface area contributed by atoms with Crippen molar-refractivity contribution in [3.8, 4) is 0 Å². The summed E-state index contributed by atoms with van der Waals surface area (Å²) in [6.07, 6.45) is 2.51. The summed E-state index contributed by atoms with van der Waals surface area (Å²) in [4.78, 5) is 13.4. The largest absolute Gasteiger partial charge is 0.399 e. The van der Waals surface area contributed by atoms with Crippen LogP contribution in [0.2, 0.25) is 0 Å². The van der Waals surface area contributed by atoms with Gasteiger partial charge in [-0.05, 0) is 14.1 Å². The molecule has 0 saturated carbocycles. The Morgan fingerprint density at radius 1 is 1.27 bits per heavy atom. The summed E-state index contributed by atoms with van der Waals surface area (Å²) in [5.41, 5.74) is 0. The Morgan fingerprint density at radius 2 is 1.91 bits per heavy atom. The Morgan fingerprint density at radius 3 is 2.27 bits per heavy atom. The molecule has 0 aromatic carbocycles. The molecule has 0 fully saturated rings. The van der Waals surface area contributed by atoms with Crippen molar-refractivity contribution in [3.05, 3.63) is 12.2 Å². The van der Waals surface area contributed by atoms with Crippen LogP contribution in [0.1, 0.15) is 5.82 Å². The molecule has 0 aliphatic carbocycles. The molecule has 0 unspecified atom stereocenters. The fourth-order valence-electron chi connectivity index (χ4n) is 0.537. The van der Waals surface area contributed by atoms with Crippen LogP contribution in [0.5, 0.6) is 0 Å². The molecule has 11 heavy (non-hydrogen) atoms. The molecule has 1 aromatic rings. The number of nitrogens with zero attached hydrogens (tertiary/aromatic N) is 4. The first-order valence-corrected chi connectivity index (χ1v) is 2.96. The molecule has 0 amide bonds. The molecule has 0 aliphatic rings.